The molecular weight excluding hydrogens is 385 g/mol. The molecule has 25 heavy (non-hydrogen) atoms. The first kappa shape index (κ1) is 22.5. The van der Waals surface area contributed by atoms with Crippen molar-refractivity contribution in [3.05, 3.63) is 42.5 Å². The molecule has 0 unspecified atom stereocenters. The smallest absolute Gasteiger partial charge is 0.191 e. The van der Waals surface area contributed by atoms with E-state index in [4.69, 9.17) is 22.9 Å². The molecule has 2 aromatic carbocycles. The summed E-state index contributed by atoms with van der Waals surface area (Å²) < 4.78 is 0. The normalized spacial score (nSPS) is 9.28. The fourth-order valence-electron chi connectivity index (χ4n) is 2.24. The van der Waals surface area contributed by atoms with Crippen LogP contribution in [0.3, 0.4) is 0 Å². The lowest BCUT2D eigenvalue weighted by molar-refractivity contribution is 1.41. The number of fused-ring (bicyclic) bond motifs is 2. The van der Waals surface area contributed by atoms with Crippen molar-refractivity contribution in [2.45, 2.75) is 0 Å². The van der Waals surface area contributed by atoms with E-state index in [0.29, 0.717) is 11.4 Å². The van der Waals surface area contributed by atoms with Crippen LogP contribution in [0.25, 0.3) is 21.8 Å². The van der Waals surface area contributed by atoms with E-state index < -0.39 is 0 Å². The molecule has 0 saturated heterocycles. The SMILES string of the molecule is Cl.Cl.Cl.NC(N)=Nc1ccc2cc3ccc(N=C(N)N)cc3nc2c1. The maximum absolute atomic E-state index is 5.39. The Hall–Kier alpha value is -2.48. The average molecular weight is 403 g/mol. The van der Waals surface area contributed by atoms with E-state index in [9.17, 15) is 0 Å². The van der Waals surface area contributed by atoms with Gasteiger partial charge in [0, 0.05) is 10.8 Å². The van der Waals surface area contributed by atoms with Crippen LogP contribution in [0.4, 0.5) is 11.4 Å². The average Bonchev–Trinajstić information content (AvgIpc) is 2.43. The molecule has 0 fully saturated rings. The summed E-state index contributed by atoms with van der Waals surface area (Å²) in [5.74, 6) is 0.0189. The number of pyridine rings is 1. The Bertz CT molecular complexity index is 860. The topological polar surface area (TPSA) is 142 Å². The summed E-state index contributed by atoms with van der Waals surface area (Å²) in [6, 6.07) is 13.2. The lowest BCUT2D eigenvalue weighted by Crippen LogP contribution is -2.21. The summed E-state index contributed by atoms with van der Waals surface area (Å²) in [4.78, 5) is 12.7. The second kappa shape index (κ2) is 9.12. The molecule has 0 radical (unpaired) electrons. The van der Waals surface area contributed by atoms with E-state index in [1.165, 1.54) is 0 Å². The zero-order valence-electron chi connectivity index (χ0n) is 12.9. The lowest BCUT2D eigenvalue weighted by atomic mass is 10.1. The van der Waals surface area contributed by atoms with Gasteiger partial charge in [-0.1, -0.05) is 12.1 Å². The van der Waals surface area contributed by atoms with Crippen LogP contribution in [0.1, 0.15) is 0 Å². The quantitative estimate of drug-likeness (QED) is 0.296. The standard InChI is InChI=1S/C15H15N7.3ClH/c16-14(17)20-10-3-1-8-5-9-2-4-11(21-15(18)19)7-13(9)22-12(8)6-10;;;/h1-7H,(H4,16,17,20)(H4,18,19,21);3*1H. The summed E-state index contributed by atoms with van der Waals surface area (Å²) in [6.45, 7) is 0. The number of nitrogens with two attached hydrogens (primary N) is 4. The Morgan fingerprint density at radius 1 is 0.640 bits per heavy atom. The molecule has 3 aromatic rings. The van der Waals surface area contributed by atoms with Crippen molar-refractivity contribution in [2.75, 3.05) is 0 Å². The maximum atomic E-state index is 5.39. The summed E-state index contributed by atoms with van der Waals surface area (Å²) >= 11 is 0. The van der Waals surface area contributed by atoms with Crippen LogP contribution in [0.5, 0.6) is 0 Å². The Kier molecular flexibility index (Phi) is 8.22. The highest BCUT2D eigenvalue weighted by atomic mass is 35.5. The molecule has 0 saturated carbocycles. The highest BCUT2D eigenvalue weighted by Gasteiger charge is 2.03. The number of halogens is 3. The van der Waals surface area contributed by atoms with Gasteiger partial charge in [0.1, 0.15) is 0 Å². The molecule has 10 heteroatoms. The molecule has 0 spiro atoms. The van der Waals surface area contributed by atoms with Gasteiger partial charge in [-0.2, -0.15) is 0 Å². The van der Waals surface area contributed by atoms with E-state index in [2.05, 4.69) is 15.0 Å². The number of rotatable bonds is 2. The third kappa shape index (κ3) is 5.25. The number of hydrogen-bond donors (Lipinski definition) is 4. The Balaban J connectivity index is 0.00000192. The Morgan fingerprint density at radius 2 is 1.04 bits per heavy atom. The minimum atomic E-state index is 0. The molecule has 0 aliphatic heterocycles. The van der Waals surface area contributed by atoms with E-state index in [-0.39, 0.29) is 49.1 Å². The minimum absolute atomic E-state index is 0. The van der Waals surface area contributed by atoms with Gasteiger partial charge in [0.25, 0.3) is 0 Å². The van der Waals surface area contributed by atoms with Gasteiger partial charge in [-0.05, 0) is 30.3 Å². The second-order valence-corrected chi connectivity index (χ2v) is 4.82. The van der Waals surface area contributed by atoms with Crippen LogP contribution in [0.2, 0.25) is 0 Å². The molecular formula is C15H18Cl3N7. The maximum Gasteiger partial charge on any atom is 0.191 e. The molecule has 1 aromatic heterocycles. The molecule has 0 amide bonds. The van der Waals surface area contributed by atoms with Crippen molar-refractivity contribution >= 4 is 82.3 Å². The minimum Gasteiger partial charge on any atom is -0.370 e. The van der Waals surface area contributed by atoms with Crippen molar-refractivity contribution in [2.24, 2.45) is 32.9 Å². The summed E-state index contributed by atoms with van der Waals surface area (Å²) in [5.41, 5.74) is 24.5. The summed E-state index contributed by atoms with van der Waals surface area (Å²) in [7, 11) is 0. The molecule has 0 bridgehead atoms. The fraction of sp³-hybridized carbons (Fsp3) is 0. The molecule has 0 atom stereocenters. The van der Waals surface area contributed by atoms with Gasteiger partial charge < -0.3 is 22.9 Å². The predicted octanol–water partition coefficient (Wildman–Crippen LogP) is 2.46. The van der Waals surface area contributed by atoms with Gasteiger partial charge in [-0.3, -0.25) is 0 Å². The van der Waals surface area contributed by atoms with E-state index in [0.717, 1.165) is 21.8 Å². The summed E-state index contributed by atoms with van der Waals surface area (Å²) in [6.07, 6.45) is 0. The zero-order valence-corrected chi connectivity index (χ0v) is 15.4. The number of benzene rings is 2. The van der Waals surface area contributed by atoms with Crippen molar-refractivity contribution in [3.8, 4) is 0 Å². The second-order valence-electron chi connectivity index (χ2n) is 4.82. The van der Waals surface area contributed by atoms with Crippen LogP contribution in [-0.4, -0.2) is 16.9 Å². The van der Waals surface area contributed by atoms with Crippen LogP contribution in [-0.2, 0) is 0 Å². The van der Waals surface area contributed by atoms with E-state index >= 15 is 0 Å². The van der Waals surface area contributed by atoms with Gasteiger partial charge in [-0.15, -0.1) is 37.2 Å². The van der Waals surface area contributed by atoms with Crippen molar-refractivity contribution in [1.82, 2.24) is 4.98 Å². The first-order valence-electron chi connectivity index (χ1n) is 6.55. The highest BCUT2D eigenvalue weighted by molar-refractivity contribution is 5.95. The van der Waals surface area contributed by atoms with Crippen LogP contribution in [0.15, 0.2) is 52.4 Å². The molecule has 0 aliphatic carbocycles. The lowest BCUT2D eigenvalue weighted by Gasteiger charge is -2.04. The third-order valence-corrected chi connectivity index (χ3v) is 3.10. The number of aliphatic imine (C=N–C) groups is 2. The van der Waals surface area contributed by atoms with Crippen LogP contribution >= 0.6 is 37.2 Å². The molecule has 7 nitrogen and oxygen atoms in total. The third-order valence-electron chi connectivity index (χ3n) is 3.10. The fourth-order valence-corrected chi connectivity index (χ4v) is 2.24. The Labute approximate surface area is 162 Å². The van der Waals surface area contributed by atoms with Gasteiger partial charge in [0.05, 0.1) is 22.4 Å². The highest BCUT2D eigenvalue weighted by Crippen LogP contribution is 2.26. The number of hydrogen-bond acceptors (Lipinski definition) is 3. The van der Waals surface area contributed by atoms with Crippen molar-refractivity contribution < 1.29 is 0 Å². The van der Waals surface area contributed by atoms with Gasteiger partial charge >= 0.3 is 0 Å². The number of guanidine groups is 2. The van der Waals surface area contributed by atoms with Crippen LogP contribution in [0, 0.1) is 0 Å². The molecule has 8 N–H and O–H groups in total. The van der Waals surface area contributed by atoms with Gasteiger partial charge in [0.15, 0.2) is 11.9 Å². The van der Waals surface area contributed by atoms with E-state index in [1.54, 1.807) is 0 Å². The van der Waals surface area contributed by atoms with Crippen molar-refractivity contribution in [3.63, 3.8) is 0 Å². The van der Waals surface area contributed by atoms with Crippen LogP contribution < -0.4 is 22.9 Å². The first-order valence-corrected chi connectivity index (χ1v) is 6.55. The predicted molar refractivity (Wildman–Crippen MR) is 112 cm³/mol. The number of nitrogens with zero attached hydrogens (tertiary/aromatic N) is 3. The molecule has 1 heterocycles. The summed E-state index contributed by atoms with van der Waals surface area (Å²) in [5, 5.41) is 1.99. The van der Waals surface area contributed by atoms with Gasteiger partial charge in [0.2, 0.25) is 0 Å². The zero-order chi connectivity index (χ0) is 15.7. The molecule has 3 rings (SSSR count). The monoisotopic (exact) mass is 401 g/mol. The largest absolute Gasteiger partial charge is 0.370 e. The van der Waals surface area contributed by atoms with Crippen molar-refractivity contribution in [1.29, 1.82) is 0 Å². The number of aromatic nitrogens is 1. The first-order chi connectivity index (χ1) is 10.5. The molecule has 0 aliphatic rings. The van der Waals surface area contributed by atoms with E-state index in [1.807, 2.05) is 42.5 Å². The van der Waals surface area contributed by atoms with Gasteiger partial charge in [-0.25, -0.2) is 15.0 Å². The Morgan fingerprint density at radius 3 is 1.40 bits per heavy atom. The molecule has 134 valence electrons.